The van der Waals surface area contributed by atoms with Crippen molar-refractivity contribution in [1.82, 2.24) is 10.3 Å². The molecule has 0 spiro atoms. The third-order valence-electron chi connectivity index (χ3n) is 3.99. The molecule has 2 aromatic carbocycles. The first-order valence-corrected chi connectivity index (χ1v) is 10.0. The first kappa shape index (κ1) is 20.3. The van der Waals surface area contributed by atoms with E-state index >= 15 is 0 Å². The topological polar surface area (TPSA) is 79.3 Å². The number of nitrogens with one attached hydrogen (secondary N) is 1. The van der Waals surface area contributed by atoms with Gasteiger partial charge in [0.15, 0.2) is 0 Å². The minimum absolute atomic E-state index is 0.0306. The van der Waals surface area contributed by atoms with Crippen LogP contribution in [0.2, 0.25) is 10.0 Å². The average molecular weight is 435 g/mol. The molecule has 0 fully saturated rings. The molecule has 1 aromatic heterocycles. The molecule has 0 radical (unpaired) electrons. The standard InChI is InChI=1S/C20H16Cl2N2O3S/c21-14-7-4-8-15(22)18(14)19-23-13(11-28-19)10-17(25)24-16(20(26)27)9-12-5-2-1-3-6-12/h1-8,11,16H,9-10H2,(H,24,25)(H,26,27)/t16-/m0/s1. The lowest BCUT2D eigenvalue weighted by Gasteiger charge is -2.14. The van der Waals surface area contributed by atoms with Crippen molar-refractivity contribution in [3.63, 3.8) is 0 Å². The van der Waals surface area contributed by atoms with E-state index in [-0.39, 0.29) is 12.8 Å². The Morgan fingerprint density at radius 2 is 1.75 bits per heavy atom. The number of aromatic nitrogens is 1. The van der Waals surface area contributed by atoms with Crippen LogP contribution >= 0.6 is 34.5 Å². The van der Waals surface area contributed by atoms with Gasteiger partial charge in [-0.1, -0.05) is 59.6 Å². The normalized spacial score (nSPS) is 11.8. The Labute approximate surface area is 176 Å². The Kier molecular flexibility index (Phi) is 6.67. The Bertz CT molecular complexity index is 972. The van der Waals surface area contributed by atoms with Crippen molar-refractivity contribution in [3.05, 3.63) is 75.2 Å². The summed E-state index contributed by atoms with van der Waals surface area (Å²) in [6.45, 7) is 0. The zero-order chi connectivity index (χ0) is 20.1. The maximum Gasteiger partial charge on any atom is 0.326 e. The van der Waals surface area contributed by atoms with Crippen LogP contribution in [0, 0.1) is 0 Å². The van der Waals surface area contributed by atoms with E-state index in [0.717, 1.165) is 5.56 Å². The Balaban J connectivity index is 1.67. The lowest BCUT2D eigenvalue weighted by molar-refractivity contribution is -0.141. The number of thiazole rings is 1. The van der Waals surface area contributed by atoms with Crippen LogP contribution in [0.1, 0.15) is 11.3 Å². The number of hydrogen-bond acceptors (Lipinski definition) is 4. The van der Waals surface area contributed by atoms with Crippen molar-refractivity contribution in [2.75, 3.05) is 0 Å². The van der Waals surface area contributed by atoms with Crippen LogP contribution < -0.4 is 5.32 Å². The first-order chi connectivity index (χ1) is 13.4. The van der Waals surface area contributed by atoms with Crippen molar-refractivity contribution in [3.8, 4) is 10.6 Å². The molecule has 1 atom stereocenters. The third kappa shape index (κ3) is 5.10. The zero-order valence-corrected chi connectivity index (χ0v) is 16.9. The van der Waals surface area contributed by atoms with E-state index in [1.54, 1.807) is 23.6 Å². The average Bonchev–Trinajstić information content (AvgIpc) is 3.09. The maximum absolute atomic E-state index is 12.3. The fourth-order valence-corrected chi connectivity index (χ4v) is 4.24. The number of halogens is 2. The van der Waals surface area contributed by atoms with E-state index < -0.39 is 17.9 Å². The molecule has 3 rings (SSSR count). The van der Waals surface area contributed by atoms with E-state index in [4.69, 9.17) is 23.2 Å². The highest BCUT2D eigenvalue weighted by Crippen LogP contribution is 2.36. The number of hydrogen-bond donors (Lipinski definition) is 2. The van der Waals surface area contributed by atoms with Crippen LogP contribution in [0.5, 0.6) is 0 Å². The zero-order valence-electron chi connectivity index (χ0n) is 14.6. The van der Waals surface area contributed by atoms with E-state index in [9.17, 15) is 14.7 Å². The lowest BCUT2D eigenvalue weighted by Crippen LogP contribution is -2.43. The van der Waals surface area contributed by atoms with Crippen LogP contribution in [-0.2, 0) is 22.4 Å². The molecule has 28 heavy (non-hydrogen) atoms. The fourth-order valence-electron chi connectivity index (χ4n) is 2.66. The van der Waals surface area contributed by atoms with Gasteiger partial charge in [-0.05, 0) is 17.7 Å². The third-order valence-corrected chi connectivity index (χ3v) is 5.52. The highest BCUT2D eigenvalue weighted by atomic mass is 35.5. The number of carboxylic acids is 1. The predicted octanol–water partition coefficient (Wildman–Crippen LogP) is 4.47. The summed E-state index contributed by atoms with van der Waals surface area (Å²) >= 11 is 13.7. The van der Waals surface area contributed by atoms with Crippen molar-refractivity contribution in [2.24, 2.45) is 0 Å². The van der Waals surface area contributed by atoms with Crippen molar-refractivity contribution in [1.29, 1.82) is 0 Å². The largest absolute Gasteiger partial charge is 0.480 e. The van der Waals surface area contributed by atoms with Gasteiger partial charge in [0.05, 0.1) is 22.2 Å². The second-order valence-electron chi connectivity index (χ2n) is 6.07. The molecule has 0 saturated carbocycles. The lowest BCUT2D eigenvalue weighted by atomic mass is 10.1. The van der Waals surface area contributed by atoms with E-state index in [1.807, 2.05) is 30.3 Å². The van der Waals surface area contributed by atoms with Gasteiger partial charge in [0.1, 0.15) is 11.0 Å². The smallest absolute Gasteiger partial charge is 0.326 e. The Morgan fingerprint density at radius 3 is 2.39 bits per heavy atom. The summed E-state index contributed by atoms with van der Waals surface area (Å²) in [6, 6.07) is 13.3. The molecule has 0 unspecified atom stereocenters. The van der Waals surface area contributed by atoms with Crippen LogP contribution in [0.3, 0.4) is 0 Å². The molecule has 8 heteroatoms. The molecular formula is C20H16Cl2N2O3S. The molecule has 0 aliphatic carbocycles. The monoisotopic (exact) mass is 434 g/mol. The molecule has 5 nitrogen and oxygen atoms in total. The van der Waals surface area contributed by atoms with Crippen LogP contribution in [0.15, 0.2) is 53.9 Å². The van der Waals surface area contributed by atoms with Gasteiger partial charge < -0.3 is 10.4 Å². The summed E-state index contributed by atoms with van der Waals surface area (Å²) in [7, 11) is 0. The van der Waals surface area contributed by atoms with E-state index in [0.29, 0.717) is 26.3 Å². The molecule has 1 heterocycles. The molecule has 144 valence electrons. The minimum atomic E-state index is -1.08. The highest BCUT2D eigenvalue weighted by Gasteiger charge is 2.21. The van der Waals surface area contributed by atoms with E-state index in [1.165, 1.54) is 11.3 Å². The summed E-state index contributed by atoms with van der Waals surface area (Å²) < 4.78 is 0. The van der Waals surface area contributed by atoms with Gasteiger partial charge in [-0.15, -0.1) is 11.3 Å². The molecule has 0 aliphatic heterocycles. The summed E-state index contributed by atoms with van der Waals surface area (Å²) in [5.74, 6) is -1.50. The van der Waals surface area contributed by atoms with Gasteiger partial charge in [0, 0.05) is 17.4 Å². The molecule has 0 aliphatic rings. The number of carbonyl (C=O) groups is 2. The molecule has 2 N–H and O–H groups in total. The summed E-state index contributed by atoms with van der Waals surface area (Å²) in [4.78, 5) is 28.3. The Hall–Kier alpha value is -2.41. The number of amides is 1. The van der Waals surface area contributed by atoms with Gasteiger partial charge in [0.2, 0.25) is 5.91 Å². The SMILES string of the molecule is O=C(Cc1csc(-c2c(Cl)cccc2Cl)n1)N[C@@H](Cc1ccccc1)C(=O)O. The second kappa shape index (κ2) is 9.19. The molecule has 3 aromatic rings. The van der Waals surface area contributed by atoms with Gasteiger partial charge in [-0.25, -0.2) is 9.78 Å². The number of rotatable bonds is 7. The maximum atomic E-state index is 12.3. The number of benzene rings is 2. The number of carbonyl (C=O) groups excluding carboxylic acids is 1. The number of aliphatic carboxylic acids is 1. The van der Waals surface area contributed by atoms with Crippen molar-refractivity contribution >= 4 is 46.4 Å². The van der Waals surface area contributed by atoms with Crippen LogP contribution in [-0.4, -0.2) is 28.0 Å². The minimum Gasteiger partial charge on any atom is -0.480 e. The van der Waals surface area contributed by atoms with Crippen molar-refractivity contribution in [2.45, 2.75) is 18.9 Å². The first-order valence-electron chi connectivity index (χ1n) is 8.39. The van der Waals surface area contributed by atoms with Gasteiger partial charge in [-0.2, -0.15) is 0 Å². The molecule has 0 saturated heterocycles. The highest BCUT2D eigenvalue weighted by molar-refractivity contribution is 7.13. The van der Waals surface area contributed by atoms with Crippen LogP contribution in [0.25, 0.3) is 10.6 Å². The quantitative estimate of drug-likeness (QED) is 0.574. The Morgan fingerprint density at radius 1 is 1.07 bits per heavy atom. The molecule has 1 amide bonds. The molecule has 0 bridgehead atoms. The fraction of sp³-hybridized carbons (Fsp3) is 0.150. The van der Waals surface area contributed by atoms with Gasteiger partial charge in [0.25, 0.3) is 0 Å². The second-order valence-corrected chi connectivity index (χ2v) is 7.74. The molecular weight excluding hydrogens is 419 g/mol. The summed E-state index contributed by atoms with van der Waals surface area (Å²) in [6.07, 6.45) is 0.177. The summed E-state index contributed by atoms with van der Waals surface area (Å²) in [5, 5.41) is 15.3. The van der Waals surface area contributed by atoms with Gasteiger partial charge >= 0.3 is 5.97 Å². The number of carboxylic acid groups (broad SMARTS) is 1. The van der Waals surface area contributed by atoms with Crippen LogP contribution in [0.4, 0.5) is 0 Å². The summed E-state index contributed by atoms with van der Waals surface area (Å²) in [5.41, 5.74) is 1.98. The number of nitrogens with zero attached hydrogens (tertiary/aromatic N) is 1. The van der Waals surface area contributed by atoms with Gasteiger partial charge in [-0.3, -0.25) is 4.79 Å². The van der Waals surface area contributed by atoms with E-state index in [2.05, 4.69) is 10.3 Å². The van der Waals surface area contributed by atoms with Crippen molar-refractivity contribution < 1.29 is 14.7 Å². The predicted molar refractivity (Wildman–Crippen MR) is 111 cm³/mol.